The molecule has 0 saturated heterocycles. The van der Waals surface area contributed by atoms with Gasteiger partial charge in [-0.1, -0.05) is 41.9 Å². The lowest BCUT2D eigenvalue weighted by molar-refractivity contribution is -0.137. The zero-order valence-corrected chi connectivity index (χ0v) is 22.8. The van der Waals surface area contributed by atoms with Gasteiger partial charge in [-0.25, -0.2) is 27.4 Å². The summed E-state index contributed by atoms with van der Waals surface area (Å²) in [6.45, 7) is 1.83. The van der Waals surface area contributed by atoms with E-state index in [0.29, 0.717) is 35.7 Å². The molecule has 2 heterocycles. The highest BCUT2D eigenvalue weighted by Gasteiger charge is 2.34. The average Bonchev–Trinajstić information content (AvgIpc) is 3.30. The number of H-pyrrole nitrogens is 2. The van der Waals surface area contributed by atoms with E-state index in [1.54, 1.807) is 47.4 Å². The summed E-state index contributed by atoms with van der Waals surface area (Å²) in [6.07, 6.45) is -1.81. The number of benzene rings is 3. The Balaban J connectivity index is 0.000000483. The Hall–Kier alpha value is -4.10. The Labute approximate surface area is 235 Å². The predicted octanol–water partition coefficient (Wildman–Crippen LogP) is 5.86. The Morgan fingerprint density at radius 1 is 1.07 bits per heavy atom. The summed E-state index contributed by atoms with van der Waals surface area (Å²) in [5.74, 6) is -1.24. The maximum Gasteiger partial charge on any atom is 0.439 e. The van der Waals surface area contributed by atoms with Crippen molar-refractivity contribution in [3.63, 3.8) is 0 Å². The van der Waals surface area contributed by atoms with Crippen LogP contribution in [0.3, 0.4) is 0 Å². The second-order valence-corrected chi connectivity index (χ2v) is 11.2. The Morgan fingerprint density at radius 2 is 1.80 bits per heavy atom. The van der Waals surface area contributed by atoms with Gasteiger partial charge in [-0.3, -0.25) is 4.31 Å². The molecule has 2 N–H and O–H groups in total. The molecule has 0 unspecified atom stereocenters. The molecule has 0 bridgehead atoms. The third kappa shape index (κ3) is 6.80. The van der Waals surface area contributed by atoms with Crippen LogP contribution in [0.4, 0.5) is 23.2 Å². The van der Waals surface area contributed by atoms with Gasteiger partial charge < -0.3 is 4.52 Å². The second-order valence-electron chi connectivity index (χ2n) is 8.96. The van der Waals surface area contributed by atoms with Crippen LogP contribution in [0.25, 0.3) is 11.6 Å². The van der Waals surface area contributed by atoms with E-state index >= 15 is 0 Å². The summed E-state index contributed by atoms with van der Waals surface area (Å²) in [5.41, 5.74) is 0.915. The fourth-order valence-electron chi connectivity index (χ4n) is 4.29. The standard InChI is InChI=1S/C25H20ClF4NO2S.C2H2N2O3/c1-16(24-21(26)8-3-9-22(24)27)13-17-10-11-18-5-4-12-31(23(18)14-17)34(32,33)20-7-2-6-19(15-20)25(28,29)30;5-1-3-2(6)7-4-1/h2-3,6-11,13-15H,4-5,12H2,1H3;(H2,3,4,5,6)/b16-13+;. The maximum atomic E-state index is 14.3. The van der Waals surface area contributed by atoms with Crippen molar-refractivity contribution in [3.8, 4) is 0 Å². The van der Waals surface area contributed by atoms with E-state index < -0.39 is 43.9 Å². The van der Waals surface area contributed by atoms with Gasteiger partial charge in [0.1, 0.15) is 5.82 Å². The predicted molar refractivity (Wildman–Crippen MR) is 146 cm³/mol. The Bertz CT molecular complexity index is 1780. The smallest absolute Gasteiger partial charge is 0.320 e. The number of hydrogen-bond donors (Lipinski definition) is 2. The molecule has 5 rings (SSSR count). The Morgan fingerprint density at radius 3 is 2.41 bits per heavy atom. The minimum Gasteiger partial charge on any atom is -0.320 e. The molecule has 1 aromatic heterocycles. The fourth-order valence-corrected chi connectivity index (χ4v) is 6.18. The molecule has 0 fully saturated rings. The highest BCUT2D eigenvalue weighted by molar-refractivity contribution is 7.92. The van der Waals surface area contributed by atoms with E-state index in [9.17, 15) is 35.6 Å². The number of allylic oxidation sites excluding steroid dienone is 1. The normalized spacial score (nSPS) is 13.8. The molecule has 0 saturated carbocycles. The van der Waals surface area contributed by atoms with Gasteiger partial charge in [0.25, 0.3) is 10.0 Å². The van der Waals surface area contributed by atoms with Gasteiger partial charge in [0, 0.05) is 12.1 Å². The van der Waals surface area contributed by atoms with Crippen molar-refractivity contribution >= 4 is 39.0 Å². The van der Waals surface area contributed by atoms with Crippen molar-refractivity contribution in [2.75, 3.05) is 10.8 Å². The van der Waals surface area contributed by atoms with Crippen molar-refractivity contribution < 1.29 is 30.5 Å². The first-order valence-electron chi connectivity index (χ1n) is 12.0. The fraction of sp³-hybridized carbons (Fsp3) is 0.185. The molecule has 0 amide bonds. The molecule has 3 aromatic carbocycles. The van der Waals surface area contributed by atoms with Crippen molar-refractivity contribution in [2.45, 2.75) is 30.8 Å². The molecule has 0 spiro atoms. The third-order valence-corrected chi connectivity index (χ3v) is 8.25. The number of aromatic amines is 2. The minimum atomic E-state index is -4.66. The van der Waals surface area contributed by atoms with E-state index in [-0.39, 0.29) is 17.1 Å². The first-order chi connectivity index (χ1) is 19.3. The zero-order valence-electron chi connectivity index (χ0n) is 21.3. The largest absolute Gasteiger partial charge is 0.439 e. The lowest BCUT2D eigenvalue weighted by Crippen LogP contribution is -2.35. The van der Waals surface area contributed by atoms with Crippen molar-refractivity contribution in [1.29, 1.82) is 0 Å². The van der Waals surface area contributed by atoms with Crippen LogP contribution in [0, 0.1) is 5.82 Å². The third-order valence-electron chi connectivity index (χ3n) is 6.13. The summed E-state index contributed by atoms with van der Waals surface area (Å²) in [4.78, 5) is 21.1. The zero-order chi connectivity index (χ0) is 29.9. The van der Waals surface area contributed by atoms with E-state index in [4.69, 9.17) is 11.6 Å². The van der Waals surface area contributed by atoms with Crippen LogP contribution in [-0.2, 0) is 22.6 Å². The van der Waals surface area contributed by atoms with Gasteiger partial charge in [0.2, 0.25) is 0 Å². The molecular formula is C27H22ClF4N3O5S. The van der Waals surface area contributed by atoms with Gasteiger partial charge in [-0.2, -0.15) is 18.3 Å². The van der Waals surface area contributed by atoms with Crippen LogP contribution in [0.2, 0.25) is 5.02 Å². The maximum absolute atomic E-state index is 14.3. The molecule has 0 aliphatic carbocycles. The van der Waals surface area contributed by atoms with E-state index in [2.05, 4.69) is 4.52 Å². The first kappa shape index (κ1) is 29.9. The van der Waals surface area contributed by atoms with Gasteiger partial charge >= 0.3 is 17.6 Å². The number of aromatic nitrogens is 2. The monoisotopic (exact) mass is 611 g/mol. The molecule has 1 aliphatic heterocycles. The van der Waals surface area contributed by atoms with Crippen LogP contribution in [0.1, 0.15) is 35.6 Å². The number of halogens is 5. The van der Waals surface area contributed by atoms with Crippen LogP contribution in [0.15, 0.2) is 79.7 Å². The van der Waals surface area contributed by atoms with Crippen LogP contribution >= 0.6 is 11.6 Å². The van der Waals surface area contributed by atoms with E-state index in [0.717, 1.165) is 28.1 Å². The van der Waals surface area contributed by atoms with E-state index in [1.165, 1.54) is 12.1 Å². The van der Waals surface area contributed by atoms with Gasteiger partial charge in [0.05, 0.1) is 21.2 Å². The molecule has 14 heteroatoms. The Kier molecular flexibility index (Phi) is 8.59. The lowest BCUT2D eigenvalue weighted by Gasteiger charge is -2.31. The van der Waals surface area contributed by atoms with Crippen molar-refractivity contribution in [3.05, 3.63) is 115 Å². The van der Waals surface area contributed by atoms with E-state index in [1.807, 2.05) is 0 Å². The van der Waals surface area contributed by atoms with Crippen LogP contribution in [-0.4, -0.2) is 25.1 Å². The number of alkyl halides is 3. The van der Waals surface area contributed by atoms with Gasteiger partial charge in [-0.15, -0.1) is 0 Å². The quantitative estimate of drug-likeness (QED) is 0.222. The number of fused-ring (bicyclic) bond motifs is 1. The minimum absolute atomic E-state index is 0.136. The average molecular weight is 612 g/mol. The molecule has 0 radical (unpaired) electrons. The highest BCUT2D eigenvalue weighted by Crippen LogP contribution is 2.36. The molecule has 216 valence electrons. The van der Waals surface area contributed by atoms with Gasteiger partial charge in [0.15, 0.2) is 0 Å². The highest BCUT2D eigenvalue weighted by atomic mass is 35.5. The van der Waals surface area contributed by atoms with Crippen molar-refractivity contribution in [2.24, 2.45) is 0 Å². The molecule has 0 atom stereocenters. The molecular weight excluding hydrogens is 590 g/mol. The number of nitrogens with one attached hydrogen (secondary N) is 2. The number of nitrogens with zero attached hydrogens (tertiary/aromatic N) is 1. The van der Waals surface area contributed by atoms with Crippen molar-refractivity contribution in [1.82, 2.24) is 10.1 Å². The van der Waals surface area contributed by atoms with Crippen LogP contribution < -0.4 is 15.8 Å². The lowest BCUT2D eigenvalue weighted by atomic mass is 9.99. The SMILES string of the molecule is C/C(=C\c1ccc2c(c1)N(S(=O)(=O)c1cccc(C(F)(F)F)c1)CCC2)c1c(F)cccc1Cl.O=c1[nH]oc(=O)[nH]1. The number of rotatable bonds is 4. The second kappa shape index (κ2) is 11.8. The number of sulfonamides is 1. The number of anilines is 1. The summed E-state index contributed by atoms with van der Waals surface area (Å²) >= 11 is 6.15. The number of aryl methyl sites for hydroxylation is 1. The van der Waals surface area contributed by atoms with Crippen LogP contribution in [0.5, 0.6) is 0 Å². The summed E-state index contributed by atoms with van der Waals surface area (Å²) in [6, 6.07) is 13.3. The first-order valence-corrected chi connectivity index (χ1v) is 13.8. The topological polar surface area (TPSA) is 116 Å². The van der Waals surface area contributed by atoms with Gasteiger partial charge in [-0.05, 0) is 72.9 Å². The summed E-state index contributed by atoms with van der Waals surface area (Å²) < 4.78 is 85.5. The molecule has 41 heavy (non-hydrogen) atoms. The summed E-state index contributed by atoms with van der Waals surface area (Å²) in [7, 11) is -4.24. The molecule has 1 aliphatic rings. The number of hydrogen-bond acceptors (Lipinski definition) is 5. The molecule has 8 nitrogen and oxygen atoms in total. The summed E-state index contributed by atoms with van der Waals surface area (Å²) in [5, 5.41) is 2.02. The molecule has 4 aromatic rings.